The first-order chi connectivity index (χ1) is 9.83. The van der Waals surface area contributed by atoms with Crippen molar-refractivity contribution in [1.82, 2.24) is 15.5 Å². The van der Waals surface area contributed by atoms with Gasteiger partial charge in [-0.15, -0.1) is 0 Å². The molecular formula is C14H25N3O3S. The molecule has 0 spiro atoms. The summed E-state index contributed by atoms with van der Waals surface area (Å²) in [5.41, 5.74) is -0.509. The molecule has 1 fully saturated rings. The molecule has 1 unspecified atom stereocenters. The highest BCUT2D eigenvalue weighted by molar-refractivity contribution is 7.98. The summed E-state index contributed by atoms with van der Waals surface area (Å²) < 4.78 is 0. The Hall–Kier alpha value is -1.24. The van der Waals surface area contributed by atoms with E-state index in [2.05, 4.69) is 10.6 Å². The van der Waals surface area contributed by atoms with Crippen LogP contribution in [0.3, 0.4) is 0 Å². The first-order valence-electron chi connectivity index (χ1n) is 7.11. The van der Waals surface area contributed by atoms with Crippen LogP contribution in [0, 0.1) is 5.41 Å². The summed E-state index contributed by atoms with van der Waals surface area (Å²) in [5, 5.41) is 5.26. The second-order valence-corrected chi connectivity index (χ2v) is 6.73. The van der Waals surface area contributed by atoms with Crippen molar-refractivity contribution >= 4 is 29.5 Å². The molecule has 0 aromatic heterocycles. The molecular weight excluding hydrogens is 290 g/mol. The van der Waals surface area contributed by atoms with Crippen LogP contribution in [0.2, 0.25) is 0 Å². The summed E-state index contributed by atoms with van der Waals surface area (Å²) in [6.45, 7) is 4.23. The van der Waals surface area contributed by atoms with E-state index < -0.39 is 11.5 Å². The van der Waals surface area contributed by atoms with Gasteiger partial charge in [-0.05, 0) is 19.1 Å². The normalized spacial score (nSPS) is 18.5. The van der Waals surface area contributed by atoms with Gasteiger partial charge in [-0.2, -0.15) is 11.8 Å². The fraction of sp³-hybridized carbons (Fsp3) is 0.786. The van der Waals surface area contributed by atoms with E-state index in [1.54, 1.807) is 23.7 Å². The molecule has 0 aromatic rings. The minimum atomic E-state index is -0.509. The van der Waals surface area contributed by atoms with Gasteiger partial charge in [0.05, 0.1) is 12.0 Å². The molecule has 6 nitrogen and oxygen atoms in total. The number of likely N-dealkylation sites (N-methyl/N-ethyl adjacent to an activating group) is 1. The third kappa shape index (κ3) is 4.62. The van der Waals surface area contributed by atoms with Crippen molar-refractivity contribution < 1.29 is 14.4 Å². The molecule has 0 aliphatic carbocycles. The van der Waals surface area contributed by atoms with E-state index in [0.29, 0.717) is 18.7 Å². The molecule has 3 amide bonds. The molecule has 1 heterocycles. The number of amides is 3. The summed E-state index contributed by atoms with van der Waals surface area (Å²) in [7, 11) is 1.57. The number of carbonyl (C=O) groups excluding carboxylic acids is 3. The Kier molecular flexibility index (Phi) is 6.51. The second kappa shape index (κ2) is 7.68. The molecule has 1 aliphatic heterocycles. The van der Waals surface area contributed by atoms with Gasteiger partial charge in [0, 0.05) is 19.3 Å². The third-order valence-electron chi connectivity index (χ3n) is 3.64. The largest absolute Gasteiger partial charge is 0.357 e. The molecule has 21 heavy (non-hydrogen) atoms. The van der Waals surface area contributed by atoms with Gasteiger partial charge in [0.15, 0.2) is 0 Å². The van der Waals surface area contributed by atoms with Gasteiger partial charge in [0.25, 0.3) is 0 Å². The van der Waals surface area contributed by atoms with Crippen LogP contribution in [0.25, 0.3) is 0 Å². The summed E-state index contributed by atoms with van der Waals surface area (Å²) in [6.07, 6.45) is 3.44. The molecule has 0 aromatic carbocycles. The zero-order chi connectivity index (χ0) is 16.0. The van der Waals surface area contributed by atoms with Crippen LogP contribution < -0.4 is 10.6 Å². The van der Waals surface area contributed by atoms with Crippen molar-refractivity contribution in [2.45, 2.75) is 32.7 Å². The fourth-order valence-corrected chi connectivity index (χ4v) is 3.28. The minimum Gasteiger partial charge on any atom is -0.357 e. The van der Waals surface area contributed by atoms with Crippen molar-refractivity contribution in [3.8, 4) is 0 Å². The number of rotatable bonds is 6. The predicted octanol–water partition coefficient (Wildman–Crippen LogP) is 0.229. The fourth-order valence-electron chi connectivity index (χ4n) is 2.43. The number of thioether (sulfide) groups is 1. The molecule has 7 heteroatoms. The van der Waals surface area contributed by atoms with Crippen LogP contribution >= 0.6 is 11.8 Å². The Labute approximate surface area is 130 Å². The number of nitrogens with zero attached hydrogens (tertiary/aromatic N) is 1. The molecule has 120 valence electrons. The van der Waals surface area contributed by atoms with Crippen molar-refractivity contribution in [2.75, 3.05) is 32.1 Å². The number of nitrogens with one attached hydrogen (secondary N) is 2. The van der Waals surface area contributed by atoms with Crippen LogP contribution in [0.5, 0.6) is 0 Å². The monoisotopic (exact) mass is 315 g/mol. The Balaban J connectivity index is 2.54. The van der Waals surface area contributed by atoms with Gasteiger partial charge in [-0.3, -0.25) is 14.4 Å². The summed E-state index contributed by atoms with van der Waals surface area (Å²) in [4.78, 5) is 37.5. The first-order valence-corrected chi connectivity index (χ1v) is 8.51. The number of likely N-dealkylation sites (tertiary alicyclic amines) is 1. The van der Waals surface area contributed by atoms with Gasteiger partial charge in [0.1, 0.15) is 6.04 Å². The van der Waals surface area contributed by atoms with Crippen molar-refractivity contribution in [3.05, 3.63) is 0 Å². The van der Waals surface area contributed by atoms with Crippen molar-refractivity contribution in [2.24, 2.45) is 5.41 Å². The van der Waals surface area contributed by atoms with E-state index >= 15 is 0 Å². The Morgan fingerprint density at radius 3 is 2.57 bits per heavy atom. The van der Waals surface area contributed by atoms with E-state index in [9.17, 15) is 14.4 Å². The Morgan fingerprint density at radius 2 is 2.00 bits per heavy atom. The average Bonchev–Trinajstić information content (AvgIpc) is 2.92. The second-order valence-electron chi connectivity index (χ2n) is 5.86. The maximum absolute atomic E-state index is 12.2. The van der Waals surface area contributed by atoms with Gasteiger partial charge < -0.3 is 15.5 Å². The molecule has 1 aliphatic rings. The third-order valence-corrected chi connectivity index (χ3v) is 4.65. The molecule has 1 atom stereocenters. The molecule has 1 rings (SSSR count). The summed E-state index contributed by atoms with van der Waals surface area (Å²) in [5.74, 6) is 0.211. The molecule has 0 bridgehead atoms. The number of hydrogen-bond acceptors (Lipinski definition) is 4. The number of hydrogen-bond donors (Lipinski definition) is 2. The highest BCUT2D eigenvalue weighted by Crippen LogP contribution is 2.21. The average molecular weight is 315 g/mol. The summed E-state index contributed by atoms with van der Waals surface area (Å²) >= 11 is 1.59. The summed E-state index contributed by atoms with van der Waals surface area (Å²) in [6, 6.07) is -0.404. The van der Waals surface area contributed by atoms with Gasteiger partial charge in [-0.1, -0.05) is 13.8 Å². The lowest BCUT2D eigenvalue weighted by atomic mass is 9.95. The highest BCUT2D eigenvalue weighted by Gasteiger charge is 2.34. The van der Waals surface area contributed by atoms with Crippen LogP contribution in [-0.2, 0) is 14.4 Å². The lowest BCUT2D eigenvalue weighted by Crippen LogP contribution is -2.49. The van der Waals surface area contributed by atoms with E-state index in [1.165, 1.54) is 0 Å². The Bertz CT molecular complexity index is 412. The lowest BCUT2D eigenvalue weighted by molar-refractivity contribution is -0.139. The quantitative estimate of drug-likeness (QED) is 0.735. The maximum Gasteiger partial charge on any atom is 0.242 e. The zero-order valence-electron chi connectivity index (χ0n) is 13.2. The van der Waals surface area contributed by atoms with E-state index in [0.717, 1.165) is 6.42 Å². The lowest BCUT2D eigenvalue weighted by Gasteiger charge is -2.25. The zero-order valence-corrected chi connectivity index (χ0v) is 14.0. The van der Waals surface area contributed by atoms with Gasteiger partial charge in [-0.25, -0.2) is 0 Å². The van der Waals surface area contributed by atoms with Crippen LogP contribution in [0.1, 0.15) is 26.7 Å². The molecule has 0 saturated carbocycles. The van der Waals surface area contributed by atoms with Crippen molar-refractivity contribution in [1.29, 1.82) is 0 Å². The molecule has 1 saturated heterocycles. The van der Waals surface area contributed by atoms with Crippen LogP contribution in [0.4, 0.5) is 0 Å². The van der Waals surface area contributed by atoms with Crippen LogP contribution in [0.15, 0.2) is 0 Å². The van der Waals surface area contributed by atoms with E-state index in [1.807, 2.05) is 20.1 Å². The number of carbonyl (C=O) groups is 3. The SMILES string of the molecule is CNC(=O)C1CCCN1C(=O)CNC(=O)C(C)(C)CSC. The standard InChI is InChI=1S/C14H25N3O3S/c1-14(2,9-21-4)13(20)16-8-11(18)17-7-5-6-10(17)12(19)15-3/h10H,5-9H2,1-4H3,(H,15,19)(H,16,20). The first kappa shape index (κ1) is 17.8. The molecule has 0 radical (unpaired) electrons. The Morgan fingerprint density at radius 1 is 1.33 bits per heavy atom. The van der Waals surface area contributed by atoms with Crippen molar-refractivity contribution in [3.63, 3.8) is 0 Å². The molecule has 2 N–H and O–H groups in total. The highest BCUT2D eigenvalue weighted by atomic mass is 32.2. The van der Waals surface area contributed by atoms with E-state index in [-0.39, 0.29) is 24.3 Å². The van der Waals surface area contributed by atoms with Gasteiger partial charge >= 0.3 is 0 Å². The van der Waals surface area contributed by atoms with Gasteiger partial charge in [0.2, 0.25) is 17.7 Å². The topological polar surface area (TPSA) is 78.5 Å². The predicted molar refractivity (Wildman–Crippen MR) is 84.0 cm³/mol. The minimum absolute atomic E-state index is 0.0514. The van der Waals surface area contributed by atoms with Crippen LogP contribution in [-0.4, -0.2) is 60.8 Å². The van der Waals surface area contributed by atoms with E-state index in [4.69, 9.17) is 0 Å². The smallest absolute Gasteiger partial charge is 0.242 e. The maximum atomic E-state index is 12.2.